The van der Waals surface area contributed by atoms with Crippen molar-refractivity contribution in [1.82, 2.24) is 0 Å². The quantitative estimate of drug-likeness (QED) is 0.819. The van der Waals surface area contributed by atoms with Gasteiger partial charge >= 0.3 is 5.97 Å². The minimum absolute atomic E-state index is 0.181. The first-order valence-electron chi connectivity index (χ1n) is 5.63. The Morgan fingerprint density at radius 3 is 2.40 bits per heavy atom. The summed E-state index contributed by atoms with van der Waals surface area (Å²) in [7, 11) is 0. The summed E-state index contributed by atoms with van der Waals surface area (Å²) in [5.74, 6) is -1.66. The molecule has 0 fully saturated rings. The van der Waals surface area contributed by atoms with E-state index in [0.29, 0.717) is 21.2 Å². The average Bonchev–Trinajstić information content (AvgIpc) is 2.36. The minimum atomic E-state index is -1.14. The van der Waals surface area contributed by atoms with Crippen molar-refractivity contribution in [2.75, 3.05) is 0 Å². The number of carboxylic acid groups (broad SMARTS) is 1. The first-order chi connectivity index (χ1) is 9.47. The van der Waals surface area contributed by atoms with Crippen LogP contribution in [0.3, 0.4) is 0 Å². The van der Waals surface area contributed by atoms with E-state index in [1.807, 2.05) is 0 Å². The van der Waals surface area contributed by atoms with Crippen molar-refractivity contribution in [2.45, 2.75) is 0 Å². The SMILES string of the molecule is O=C(O)/C=C/c1cccc(-c2cc(Cl)cc(Cl)c2)c1F. The summed E-state index contributed by atoms with van der Waals surface area (Å²) in [6.07, 6.45) is 2.08. The van der Waals surface area contributed by atoms with E-state index >= 15 is 0 Å². The highest BCUT2D eigenvalue weighted by Crippen LogP contribution is 2.30. The van der Waals surface area contributed by atoms with E-state index in [4.69, 9.17) is 28.3 Å². The van der Waals surface area contributed by atoms with Crippen LogP contribution in [-0.4, -0.2) is 11.1 Å². The molecule has 0 aliphatic heterocycles. The highest BCUT2D eigenvalue weighted by molar-refractivity contribution is 6.35. The highest BCUT2D eigenvalue weighted by atomic mass is 35.5. The molecule has 2 nitrogen and oxygen atoms in total. The Kier molecular flexibility index (Phi) is 4.42. The van der Waals surface area contributed by atoms with Gasteiger partial charge in [0.15, 0.2) is 0 Å². The standard InChI is InChI=1S/C15H9Cl2FO2/c16-11-6-10(7-12(17)8-11)13-3-1-2-9(15(13)18)4-5-14(19)20/h1-8H,(H,19,20)/b5-4+. The number of aliphatic carboxylic acids is 1. The van der Waals surface area contributed by atoms with Crippen LogP contribution >= 0.6 is 23.2 Å². The number of hydrogen-bond donors (Lipinski definition) is 1. The van der Waals surface area contributed by atoms with E-state index in [-0.39, 0.29) is 5.56 Å². The molecule has 0 spiro atoms. The van der Waals surface area contributed by atoms with Gasteiger partial charge in [0.2, 0.25) is 0 Å². The third-order valence-electron chi connectivity index (χ3n) is 2.61. The molecule has 0 bridgehead atoms. The molecule has 0 aliphatic carbocycles. The van der Waals surface area contributed by atoms with Gasteiger partial charge in [0.25, 0.3) is 0 Å². The maximum atomic E-state index is 14.3. The van der Waals surface area contributed by atoms with Crippen LogP contribution in [0, 0.1) is 5.82 Å². The molecule has 5 heteroatoms. The molecule has 20 heavy (non-hydrogen) atoms. The molecular weight excluding hydrogens is 302 g/mol. The normalized spacial score (nSPS) is 10.9. The molecule has 0 saturated carbocycles. The first kappa shape index (κ1) is 14.6. The van der Waals surface area contributed by atoms with Crippen molar-refractivity contribution < 1.29 is 14.3 Å². The van der Waals surface area contributed by atoms with Crippen LogP contribution in [0.25, 0.3) is 17.2 Å². The smallest absolute Gasteiger partial charge is 0.328 e. The molecule has 2 aromatic rings. The summed E-state index contributed by atoms with van der Waals surface area (Å²) in [5.41, 5.74) is 1.02. The number of benzene rings is 2. The van der Waals surface area contributed by atoms with E-state index < -0.39 is 11.8 Å². The molecule has 2 aromatic carbocycles. The van der Waals surface area contributed by atoms with Crippen molar-refractivity contribution in [3.05, 3.63) is 63.9 Å². The Bertz CT molecular complexity index is 676. The number of halogens is 3. The zero-order valence-electron chi connectivity index (χ0n) is 10.1. The van der Waals surface area contributed by atoms with Gasteiger partial charge in [0, 0.05) is 27.2 Å². The molecule has 0 atom stereocenters. The van der Waals surface area contributed by atoms with Crippen LogP contribution in [0.15, 0.2) is 42.5 Å². The maximum Gasteiger partial charge on any atom is 0.328 e. The van der Waals surface area contributed by atoms with Gasteiger partial charge in [-0.1, -0.05) is 41.4 Å². The maximum absolute atomic E-state index is 14.3. The largest absolute Gasteiger partial charge is 0.478 e. The highest BCUT2D eigenvalue weighted by Gasteiger charge is 2.10. The lowest BCUT2D eigenvalue weighted by atomic mass is 10.0. The first-order valence-corrected chi connectivity index (χ1v) is 6.39. The Labute approximate surface area is 125 Å². The fourth-order valence-electron chi connectivity index (χ4n) is 1.77. The lowest BCUT2D eigenvalue weighted by molar-refractivity contribution is -0.131. The molecule has 102 valence electrons. The summed E-state index contributed by atoms with van der Waals surface area (Å²) in [6, 6.07) is 9.44. The van der Waals surface area contributed by atoms with Crippen molar-refractivity contribution >= 4 is 35.2 Å². The Morgan fingerprint density at radius 2 is 1.80 bits per heavy atom. The fourth-order valence-corrected chi connectivity index (χ4v) is 2.30. The predicted octanol–water partition coefficient (Wildman–Crippen LogP) is 4.90. The third-order valence-corrected chi connectivity index (χ3v) is 3.04. The van der Waals surface area contributed by atoms with Crippen molar-refractivity contribution in [3.8, 4) is 11.1 Å². The molecule has 0 aromatic heterocycles. The third kappa shape index (κ3) is 3.38. The van der Waals surface area contributed by atoms with Crippen LogP contribution in [0.4, 0.5) is 4.39 Å². The van der Waals surface area contributed by atoms with Gasteiger partial charge in [-0.2, -0.15) is 0 Å². The average molecular weight is 311 g/mol. The zero-order chi connectivity index (χ0) is 14.7. The molecule has 0 amide bonds. The predicted molar refractivity (Wildman–Crippen MR) is 78.5 cm³/mol. The number of carboxylic acids is 1. The summed E-state index contributed by atoms with van der Waals surface area (Å²) < 4.78 is 14.3. The van der Waals surface area contributed by atoms with Gasteiger partial charge < -0.3 is 5.11 Å². The molecule has 0 heterocycles. The van der Waals surface area contributed by atoms with Gasteiger partial charge in [-0.05, 0) is 29.8 Å². The summed E-state index contributed by atoms with van der Waals surface area (Å²) in [6.45, 7) is 0. The second kappa shape index (κ2) is 6.07. The Balaban J connectivity index is 2.52. The topological polar surface area (TPSA) is 37.3 Å². The van der Waals surface area contributed by atoms with Gasteiger partial charge in [-0.3, -0.25) is 0 Å². The lowest BCUT2D eigenvalue weighted by Gasteiger charge is -2.07. The molecule has 1 N–H and O–H groups in total. The van der Waals surface area contributed by atoms with Gasteiger partial charge in [-0.15, -0.1) is 0 Å². The van der Waals surface area contributed by atoms with E-state index in [0.717, 1.165) is 6.08 Å². The monoisotopic (exact) mass is 310 g/mol. The van der Waals surface area contributed by atoms with Gasteiger partial charge in [-0.25, -0.2) is 9.18 Å². The van der Waals surface area contributed by atoms with Crippen LogP contribution in [0.5, 0.6) is 0 Å². The lowest BCUT2D eigenvalue weighted by Crippen LogP contribution is -1.91. The molecular formula is C15H9Cl2FO2. The van der Waals surface area contributed by atoms with Crippen LogP contribution in [0.1, 0.15) is 5.56 Å². The molecule has 0 saturated heterocycles. The zero-order valence-corrected chi connectivity index (χ0v) is 11.6. The second-order valence-corrected chi connectivity index (χ2v) is 4.91. The number of rotatable bonds is 3. The molecule has 2 rings (SSSR count). The summed E-state index contributed by atoms with van der Waals surface area (Å²) >= 11 is 11.8. The minimum Gasteiger partial charge on any atom is -0.478 e. The Hall–Kier alpha value is -1.84. The van der Waals surface area contributed by atoms with Gasteiger partial charge in [0.1, 0.15) is 5.82 Å². The van der Waals surface area contributed by atoms with E-state index in [1.54, 1.807) is 30.3 Å². The van der Waals surface area contributed by atoms with Gasteiger partial charge in [0.05, 0.1) is 0 Å². The molecule has 0 radical (unpaired) electrons. The molecule has 0 aliphatic rings. The van der Waals surface area contributed by atoms with Crippen molar-refractivity contribution in [1.29, 1.82) is 0 Å². The van der Waals surface area contributed by atoms with E-state index in [9.17, 15) is 9.18 Å². The van der Waals surface area contributed by atoms with E-state index in [2.05, 4.69) is 0 Å². The van der Waals surface area contributed by atoms with Crippen molar-refractivity contribution in [3.63, 3.8) is 0 Å². The van der Waals surface area contributed by atoms with Crippen LogP contribution in [-0.2, 0) is 4.79 Å². The second-order valence-electron chi connectivity index (χ2n) is 4.04. The number of carbonyl (C=O) groups is 1. The Morgan fingerprint density at radius 1 is 1.15 bits per heavy atom. The van der Waals surface area contributed by atoms with Crippen LogP contribution < -0.4 is 0 Å². The summed E-state index contributed by atoms with van der Waals surface area (Å²) in [4.78, 5) is 10.5. The summed E-state index contributed by atoms with van der Waals surface area (Å²) in [5, 5.41) is 9.38. The van der Waals surface area contributed by atoms with Crippen molar-refractivity contribution in [2.24, 2.45) is 0 Å². The van der Waals surface area contributed by atoms with Crippen LogP contribution in [0.2, 0.25) is 10.0 Å². The molecule has 0 unspecified atom stereocenters. The fraction of sp³-hybridized carbons (Fsp3) is 0. The van der Waals surface area contributed by atoms with E-state index in [1.165, 1.54) is 12.1 Å². The number of hydrogen-bond acceptors (Lipinski definition) is 1.